The number of allylic oxidation sites excluding steroid dienone is 2. The predicted molar refractivity (Wildman–Crippen MR) is 80.9 cm³/mol. The summed E-state index contributed by atoms with van der Waals surface area (Å²) in [6.07, 6.45) is 0.675. The van der Waals surface area contributed by atoms with Crippen LogP contribution in [0.15, 0.2) is 22.4 Å². The number of hydrogen-bond donors (Lipinski definition) is 0. The zero-order chi connectivity index (χ0) is 14.9. The van der Waals surface area contributed by atoms with Crippen molar-refractivity contribution < 1.29 is 9.53 Å². The van der Waals surface area contributed by atoms with Crippen LogP contribution in [0.5, 0.6) is 0 Å². The molecule has 20 heavy (non-hydrogen) atoms. The SMILES string of the molecule is COC1=C(c2c(C)cc(Br)cc2C)C(=O)CC1CC#N. The Labute approximate surface area is 127 Å². The predicted octanol–water partition coefficient (Wildman–Crippen LogP) is 3.93. The van der Waals surface area contributed by atoms with Gasteiger partial charge in [0, 0.05) is 23.2 Å². The van der Waals surface area contributed by atoms with Gasteiger partial charge in [-0.25, -0.2) is 0 Å². The highest BCUT2D eigenvalue weighted by atomic mass is 79.9. The summed E-state index contributed by atoms with van der Waals surface area (Å²) in [5.41, 5.74) is 3.66. The quantitative estimate of drug-likeness (QED) is 0.842. The largest absolute Gasteiger partial charge is 0.500 e. The van der Waals surface area contributed by atoms with Crippen LogP contribution >= 0.6 is 15.9 Å². The van der Waals surface area contributed by atoms with Crippen LogP contribution in [0.4, 0.5) is 0 Å². The van der Waals surface area contributed by atoms with Gasteiger partial charge < -0.3 is 4.74 Å². The fraction of sp³-hybridized carbons (Fsp3) is 0.375. The number of nitriles is 1. The van der Waals surface area contributed by atoms with Crippen LogP contribution in [0.1, 0.15) is 29.5 Å². The summed E-state index contributed by atoms with van der Waals surface area (Å²) in [6.45, 7) is 3.97. The molecule has 1 unspecified atom stereocenters. The lowest BCUT2D eigenvalue weighted by atomic mass is 9.94. The van der Waals surface area contributed by atoms with Crippen molar-refractivity contribution in [1.82, 2.24) is 0 Å². The van der Waals surface area contributed by atoms with Gasteiger partial charge in [-0.2, -0.15) is 5.26 Å². The van der Waals surface area contributed by atoms with Gasteiger partial charge in [0.15, 0.2) is 5.78 Å². The molecule has 1 atom stereocenters. The number of aryl methyl sites for hydroxylation is 2. The molecule has 0 aromatic heterocycles. The maximum Gasteiger partial charge on any atom is 0.167 e. The first-order valence-corrected chi connectivity index (χ1v) is 7.24. The van der Waals surface area contributed by atoms with Crippen molar-refractivity contribution in [3.8, 4) is 6.07 Å². The second kappa shape index (κ2) is 5.80. The number of carbonyl (C=O) groups excluding carboxylic acids is 1. The molecule has 104 valence electrons. The van der Waals surface area contributed by atoms with Crippen molar-refractivity contribution >= 4 is 27.3 Å². The van der Waals surface area contributed by atoms with Gasteiger partial charge in [0.25, 0.3) is 0 Å². The highest BCUT2D eigenvalue weighted by Gasteiger charge is 2.35. The summed E-state index contributed by atoms with van der Waals surface area (Å²) in [5.74, 6) is 0.607. The standard InChI is InChI=1S/C16H16BrNO2/c1-9-6-12(17)7-10(2)14(9)15-13(19)8-11(4-5-18)16(15)20-3/h6-7,11H,4,8H2,1-3H3. The minimum absolute atomic E-state index is 0.0654. The summed E-state index contributed by atoms with van der Waals surface area (Å²) < 4.78 is 6.45. The Balaban J connectivity index is 2.63. The summed E-state index contributed by atoms with van der Waals surface area (Å²) >= 11 is 3.46. The van der Waals surface area contributed by atoms with E-state index in [1.54, 1.807) is 7.11 Å². The third-order valence-corrected chi connectivity index (χ3v) is 4.09. The van der Waals surface area contributed by atoms with Gasteiger partial charge in [0.05, 0.1) is 18.8 Å². The summed E-state index contributed by atoms with van der Waals surface area (Å²) in [7, 11) is 1.57. The van der Waals surface area contributed by atoms with Crippen LogP contribution in [-0.2, 0) is 9.53 Å². The van der Waals surface area contributed by atoms with E-state index in [4.69, 9.17) is 10.00 Å². The first-order chi connectivity index (χ1) is 9.49. The molecule has 0 heterocycles. The molecule has 0 spiro atoms. The zero-order valence-electron chi connectivity index (χ0n) is 11.8. The van der Waals surface area contributed by atoms with E-state index in [0.29, 0.717) is 24.2 Å². The van der Waals surface area contributed by atoms with E-state index in [9.17, 15) is 4.79 Å². The number of Topliss-reactive ketones (excluding diaryl/α,β-unsaturated/α-hetero) is 1. The molecule has 1 aliphatic carbocycles. The first kappa shape index (κ1) is 14.8. The molecule has 4 heteroatoms. The number of methoxy groups -OCH3 is 1. The number of carbonyl (C=O) groups is 1. The van der Waals surface area contributed by atoms with Crippen molar-refractivity contribution in [2.45, 2.75) is 26.7 Å². The van der Waals surface area contributed by atoms with E-state index in [2.05, 4.69) is 22.0 Å². The lowest BCUT2D eigenvalue weighted by molar-refractivity contribution is -0.113. The van der Waals surface area contributed by atoms with Crippen molar-refractivity contribution in [2.24, 2.45) is 5.92 Å². The molecule has 0 saturated heterocycles. The minimum Gasteiger partial charge on any atom is -0.500 e. The van der Waals surface area contributed by atoms with Gasteiger partial charge in [-0.05, 0) is 42.7 Å². The van der Waals surface area contributed by atoms with E-state index in [1.807, 2.05) is 26.0 Å². The molecule has 0 fully saturated rings. The van der Waals surface area contributed by atoms with Gasteiger partial charge in [-0.15, -0.1) is 0 Å². The van der Waals surface area contributed by atoms with Crippen molar-refractivity contribution in [2.75, 3.05) is 7.11 Å². The Kier molecular flexibility index (Phi) is 4.29. The zero-order valence-corrected chi connectivity index (χ0v) is 13.4. The van der Waals surface area contributed by atoms with E-state index in [-0.39, 0.29) is 11.7 Å². The van der Waals surface area contributed by atoms with E-state index in [1.165, 1.54) is 0 Å². The molecule has 0 saturated carbocycles. The number of nitrogens with zero attached hydrogens (tertiary/aromatic N) is 1. The fourth-order valence-corrected chi connectivity index (χ4v) is 3.56. The van der Waals surface area contributed by atoms with Gasteiger partial charge >= 0.3 is 0 Å². The third kappa shape index (κ3) is 2.51. The fourth-order valence-electron chi connectivity index (χ4n) is 2.87. The van der Waals surface area contributed by atoms with Crippen LogP contribution in [0.25, 0.3) is 5.57 Å². The summed E-state index contributed by atoms with van der Waals surface area (Å²) in [6, 6.07) is 6.12. The number of ether oxygens (including phenoxy) is 1. The second-order valence-corrected chi connectivity index (χ2v) is 5.96. The molecule has 0 amide bonds. The van der Waals surface area contributed by atoms with E-state index >= 15 is 0 Å². The van der Waals surface area contributed by atoms with Crippen LogP contribution in [0, 0.1) is 31.1 Å². The Bertz CT molecular complexity index is 617. The molecule has 0 N–H and O–H groups in total. The second-order valence-electron chi connectivity index (χ2n) is 5.04. The minimum atomic E-state index is -0.116. The molecule has 1 aliphatic rings. The first-order valence-electron chi connectivity index (χ1n) is 6.45. The molecular weight excluding hydrogens is 318 g/mol. The average molecular weight is 334 g/mol. The maximum atomic E-state index is 12.4. The number of hydrogen-bond acceptors (Lipinski definition) is 3. The van der Waals surface area contributed by atoms with Gasteiger partial charge in [-0.3, -0.25) is 4.79 Å². The topological polar surface area (TPSA) is 50.1 Å². The number of benzene rings is 1. The van der Waals surface area contributed by atoms with Gasteiger partial charge in [0.2, 0.25) is 0 Å². The molecule has 1 aromatic carbocycles. The third-order valence-electron chi connectivity index (χ3n) is 3.63. The Morgan fingerprint density at radius 2 is 2.00 bits per heavy atom. The monoisotopic (exact) mass is 333 g/mol. The number of ketones is 1. The number of halogens is 1. The lowest BCUT2D eigenvalue weighted by Gasteiger charge is -2.14. The normalized spacial score (nSPS) is 18.4. The molecular formula is C16H16BrNO2. The smallest absolute Gasteiger partial charge is 0.167 e. The molecule has 3 nitrogen and oxygen atoms in total. The highest BCUT2D eigenvalue weighted by Crippen LogP contribution is 2.40. The molecule has 1 aromatic rings. The Hall–Kier alpha value is -1.60. The summed E-state index contributed by atoms with van der Waals surface area (Å²) in [5, 5.41) is 8.88. The van der Waals surface area contributed by atoms with Gasteiger partial charge in [0.1, 0.15) is 5.76 Å². The lowest BCUT2D eigenvalue weighted by Crippen LogP contribution is -2.02. The van der Waals surface area contributed by atoms with Crippen LogP contribution < -0.4 is 0 Å². The van der Waals surface area contributed by atoms with Crippen molar-refractivity contribution in [3.05, 3.63) is 39.1 Å². The van der Waals surface area contributed by atoms with E-state index < -0.39 is 0 Å². The highest BCUT2D eigenvalue weighted by molar-refractivity contribution is 9.10. The number of rotatable bonds is 3. The molecule has 2 rings (SSSR count). The van der Waals surface area contributed by atoms with Crippen LogP contribution in [0.3, 0.4) is 0 Å². The van der Waals surface area contributed by atoms with Crippen molar-refractivity contribution in [1.29, 1.82) is 5.26 Å². The Morgan fingerprint density at radius 3 is 2.50 bits per heavy atom. The Morgan fingerprint density at radius 1 is 1.40 bits per heavy atom. The molecule has 0 bridgehead atoms. The van der Waals surface area contributed by atoms with Crippen molar-refractivity contribution in [3.63, 3.8) is 0 Å². The molecule has 0 aliphatic heterocycles. The summed E-state index contributed by atoms with van der Waals surface area (Å²) in [4.78, 5) is 12.4. The molecule has 0 radical (unpaired) electrons. The average Bonchev–Trinajstić information content (AvgIpc) is 2.65. The van der Waals surface area contributed by atoms with Crippen LogP contribution in [0.2, 0.25) is 0 Å². The maximum absolute atomic E-state index is 12.4. The van der Waals surface area contributed by atoms with Crippen LogP contribution in [-0.4, -0.2) is 12.9 Å². The van der Waals surface area contributed by atoms with E-state index in [0.717, 1.165) is 21.2 Å². The van der Waals surface area contributed by atoms with Gasteiger partial charge in [-0.1, -0.05) is 15.9 Å².